The van der Waals surface area contributed by atoms with Crippen molar-refractivity contribution in [3.63, 3.8) is 0 Å². The molecule has 1 N–H and O–H groups in total. The highest BCUT2D eigenvalue weighted by atomic mass is 19.2. The van der Waals surface area contributed by atoms with Crippen LogP contribution in [0.1, 0.15) is 12.8 Å². The first-order valence-corrected chi connectivity index (χ1v) is 6.00. The van der Waals surface area contributed by atoms with Crippen LogP contribution in [0.25, 0.3) is 0 Å². The van der Waals surface area contributed by atoms with Gasteiger partial charge in [-0.1, -0.05) is 0 Å². The lowest BCUT2D eigenvalue weighted by molar-refractivity contribution is -0.121. The molecule has 1 aliphatic rings. The first-order valence-electron chi connectivity index (χ1n) is 6.00. The average Bonchev–Trinajstić information content (AvgIpc) is 2.34. The van der Waals surface area contributed by atoms with E-state index in [0.29, 0.717) is 12.2 Å². The van der Waals surface area contributed by atoms with Gasteiger partial charge in [0.15, 0.2) is 11.6 Å². The van der Waals surface area contributed by atoms with E-state index in [2.05, 4.69) is 10.2 Å². The van der Waals surface area contributed by atoms with E-state index >= 15 is 0 Å². The third kappa shape index (κ3) is 3.04. The van der Waals surface area contributed by atoms with E-state index in [1.54, 1.807) is 0 Å². The Hall–Kier alpha value is -1.49. The van der Waals surface area contributed by atoms with Crippen LogP contribution in [0.2, 0.25) is 0 Å². The van der Waals surface area contributed by atoms with E-state index in [9.17, 15) is 13.6 Å². The van der Waals surface area contributed by atoms with E-state index in [1.165, 1.54) is 6.07 Å². The molecule has 0 unspecified atom stereocenters. The van der Waals surface area contributed by atoms with Crippen LogP contribution >= 0.6 is 0 Å². The summed E-state index contributed by atoms with van der Waals surface area (Å²) < 4.78 is 25.7. The zero-order valence-electron chi connectivity index (χ0n) is 10.2. The van der Waals surface area contributed by atoms with Gasteiger partial charge in [-0.2, -0.15) is 0 Å². The Kier molecular flexibility index (Phi) is 3.91. The molecule has 5 heteroatoms. The molecule has 0 aromatic heterocycles. The molecular formula is C13H16F2N2O. The zero-order valence-corrected chi connectivity index (χ0v) is 10.2. The van der Waals surface area contributed by atoms with Crippen molar-refractivity contribution in [3.8, 4) is 0 Å². The molecule has 1 aromatic carbocycles. The largest absolute Gasteiger partial charge is 0.326 e. The molecule has 1 fully saturated rings. The van der Waals surface area contributed by atoms with E-state index in [1.807, 2.05) is 7.05 Å². The summed E-state index contributed by atoms with van der Waals surface area (Å²) in [5.41, 5.74) is 0.298. The number of hydrogen-bond donors (Lipinski definition) is 1. The van der Waals surface area contributed by atoms with Gasteiger partial charge in [-0.15, -0.1) is 0 Å². The number of nitrogens with zero attached hydrogens (tertiary/aromatic N) is 1. The van der Waals surface area contributed by atoms with Crippen molar-refractivity contribution in [2.24, 2.45) is 5.92 Å². The predicted octanol–water partition coefficient (Wildman–Crippen LogP) is 2.25. The maximum Gasteiger partial charge on any atom is 0.228 e. The lowest BCUT2D eigenvalue weighted by Gasteiger charge is -2.28. The molecule has 0 radical (unpaired) electrons. The molecule has 3 nitrogen and oxygen atoms in total. The molecular weight excluding hydrogens is 238 g/mol. The average molecular weight is 254 g/mol. The van der Waals surface area contributed by atoms with Crippen LogP contribution in [0.5, 0.6) is 0 Å². The number of hydrogen-bond acceptors (Lipinski definition) is 2. The monoisotopic (exact) mass is 254 g/mol. The summed E-state index contributed by atoms with van der Waals surface area (Å²) in [4.78, 5) is 14.1. The molecule has 0 spiro atoms. The second kappa shape index (κ2) is 5.44. The van der Waals surface area contributed by atoms with Crippen molar-refractivity contribution in [2.45, 2.75) is 12.8 Å². The molecule has 0 bridgehead atoms. The summed E-state index contributed by atoms with van der Waals surface area (Å²) >= 11 is 0. The summed E-state index contributed by atoms with van der Waals surface area (Å²) in [6, 6.07) is 3.38. The minimum atomic E-state index is -0.950. The van der Waals surface area contributed by atoms with Crippen molar-refractivity contribution in [3.05, 3.63) is 29.8 Å². The lowest BCUT2D eigenvalue weighted by Crippen LogP contribution is -2.38. The maximum atomic E-state index is 13.0. The first kappa shape index (κ1) is 13.0. The quantitative estimate of drug-likeness (QED) is 0.878. The molecule has 18 heavy (non-hydrogen) atoms. The Labute approximate surface area is 105 Å². The molecule has 2 rings (SSSR count). The van der Waals surface area contributed by atoms with Crippen molar-refractivity contribution in [1.82, 2.24) is 4.90 Å². The number of benzene rings is 1. The molecule has 1 aromatic rings. The molecule has 0 saturated carbocycles. The number of likely N-dealkylation sites (tertiary alicyclic amines) is 1. The number of carbonyl (C=O) groups excluding carboxylic acids is 1. The Bertz CT molecular complexity index is 451. The van der Waals surface area contributed by atoms with E-state index in [0.717, 1.165) is 31.5 Å². The molecule has 1 saturated heterocycles. The van der Waals surface area contributed by atoms with Crippen molar-refractivity contribution in [1.29, 1.82) is 0 Å². The normalized spacial score (nSPS) is 20.7. The van der Waals surface area contributed by atoms with Crippen molar-refractivity contribution >= 4 is 11.6 Å². The molecule has 1 amide bonds. The zero-order chi connectivity index (χ0) is 13.1. The number of anilines is 1. The Morgan fingerprint density at radius 3 is 2.83 bits per heavy atom. The minimum absolute atomic E-state index is 0.0862. The van der Waals surface area contributed by atoms with Crippen molar-refractivity contribution in [2.75, 3.05) is 25.5 Å². The topological polar surface area (TPSA) is 32.3 Å². The van der Waals surface area contributed by atoms with Gasteiger partial charge in [-0.25, -0.2) is 8.78 Å². The highest BCUT2D eigenvalue weighted by molar-refractivity contribution is 5.92. The van der Waals surface area contributed by atoms with Crippen LogP contribution < -0.4 is 5.32 Å². The number of carbonyl (C=O) groups is 1. The highest BCUT2D eigenvalue weighted by Gasteiger charge is 2.24. The fraction of sp³-hybridized carbons (Fsp3) is 0.462. The van der Waals surface area contributed by atoms with Gasteiger partial charge in [0.25, 0.3) is 0 Å². The molecule has 98 valence electrons. The lowest BCUT2D eigenvalue weighted by atomic mass is 9.97. The maximum absolute atomic E-state index is 13.0. The summed E-state index contributed by atoms with van der Waals surface area (Å²) in [6.45, 7) is 1.70. The van der Waals surface area contributed by atoms with Crippen LogP contribution in [0.15, 0.2) is 18.2 Å². The fourth-order valence-electron chi connectivity index (χ4n) is 2.20. The minimum Gasteiger partial charge on any atom is -0.326 e. The predicted molar refractivity (Wildman–Crippen MR) is 65.2 cm³/mol. The number of rotatable bonds is 2. The van der Waals surface area contributed by atoms with Crippen LogP contribution in [-0.4, -0.2) is 30.9 Å². The molecule has 1 atom stereocenters. The van der Waals surface area contributed by atoms with Crippen LogP contribution in [0, 0.1) is 17.6 Å². The van der Waals surface area contributed by atoms with E-state index < -0.39 is 11.6 Å². The Morgan fingerprint density at radius 2 is 2.17 bits per heavy atom. The van der Waals surface area contributed by atoms with Crippen molar-refractivity contribution < 1.29 is 13.6 Å². The Morgan fingerprint density at radius 1 is 1.39 bits per heavy atom. The summed E-state index contributed by atoms with van der Waals surface area (Å²) in [6.07, 6.45) is 1.81. The summed E-state index contributed by atoms with van der Waals surface area (Å²) in [7, 11) is 1.97. The third-order valence-corrected chi connectivity index (χ3v) is 3.18. The van der Waals surface area contributed by atoms with Gasteiger partial charge in [-0.3, -0.25) is 4.79 Å². The fourth-order valence-corrected chi connectivity index (χ4v) is 2.20. The van der Waals surface area contributed by atoms with E-state index in [-0.39, 0.29) is 11.8 Å². The van der Waals surface area contributed by atoms with Gasteiger partial charge in [0.2, 0.25) is 5.91 Å². The second-order valence-corrected chi connectivity index (χ2v) is 4.72. The Balaban J connectivity index is 2.00. The van der Waals surface area contributed by atoms with Crippen LogP contribution in [0.3, 0.4) is 0 Å². The molecule has 1 heterocycles. The smallest absolute Gasteiger partial charge is 0.228 e. The van der Waals surface area contributed by atoms with Crippen LogP contribution in [0.4, 0.5) is 14.5 Å². The summed E-state index contributed by atoms with van der Waals surface area (Å²) in [5.74, 6) is -2.08. The number of amides is 1. The molecule has 1 aliphatic heterocycles. The summed E-state index contributed by atoms with van der Waals surface area (Å²) in [5, 5.41) is 2.63. The van der Waals surface area contributed by atoms with Gasteiger partial charge < -0.3 is 10.2 Å². The SMILES string of the molecule is CN1CCC[C@H](C(=O)Nc2ccc(F)c(F)c2)C1. The number of halogens is 2. The van der Waals surface area contributed by atoms with Gasteiger partial charge >= 0.3 is 0 Å². The number of piperidine rings is 1. The molecule has 0 aliphatic carbocycles. The van der Waals surface area contributed by atoms with Gasteiger partial charge in [-0.05, 0) is 38.6 Å². The standard InChI is InChI=1S/C13H16F2N2O/c1-17-6-2-3-9(8-17)13(18)16-10-4-5-11(14)12(15)7-10/h4-5,7,9H,2-3,6,8H2,1H3,(H,16,18)/t9-/m0/s1. The van der Waals surface area contributed by atoms with Crippen LogP contribution in [-0.2, 0) is 4.79 Å². The third-order valence-electron chi connectivity index (χ3n) is 3.18. The van der Waals surface area contributed by atoms with Gasteiger partial charge in [0.1, 0.15) is 0 Å². The highest BCUT2D eigenvalue weighted by Crippen LogP contribution is 2.19. The van der Waals surface area contributed by atoms with E-state index in [4.69, 9.17) is 0 Å². The second-order valence-electron chi connectivity index (χ2n) is 4.72. The number of nitrogens with one attached hydrogen (secondary N) is 1. The first-order chi connectivity index (χ1) is 8.56. The van der Waals surface area contributed by atoms with Gasteiger partial charge in [0, 0.05) is 18.3 Å². The van der Waals surface area contributed by atoms with Gasteiger partial charge in [0.05, 0.1) is 5.92 Å².